The lowest BCUT2D eigenvalue weighted by Crippen LogP contribution is -2.54. The second-order valence-electron chi connectivity index (χ2n) is 7.75. The average molecular weight is 555 g/mol. The van der Waals surface area contributed by atoms with Crippen molar-refractivity contribution < 1.29 is 19.1 Å². The van der Waals surface area contributed by atoms with Crippen LogP contribution >= 0.6 is 22.6 Å². The predicted octanol–water partition coefficient (Wildman–Crippen LogP) is 4.68. The molecule has 2 aromatic carbocycles. The summed E-state index contributed by atoms with van der Waals surface area (Å²) in [6.45, 7) is 5.96. The number of barbiturate groups is 1. The minimum atomic E-state index is -0.785. The Labute approximate surface area is 205 Å². The van der Waals surface area contributed by atoms with Gasteiger partial charge in [0.2, 0.25) is 0 Å². The number of aryl methyl sites for hydroxylation is 2. The standard InChI is InChI=1S/C25H22IN3O4/c1-14-11-19(7-10-22(14)26)28-15(2)12-17(16(28)3)13-21-23(30)27-25(32)29(24(21)31)18-5-8-20(33-4)9-6-18/h5-13H,1-4H3,(H,27,30,32)/b21-13-. The number of imide groups is 2. The fourth-order valence-corrected chi connectivity index (χ4v) is 4.21. The van der Waals surface area contributed by atoms with Crippen LogP contribution in [0.25, 0.3) is 11.8 Å². The maximum Gasteiger partial charge on any atom is 0.335 e. The molecule has 0 unspecified atom stereocenters. The van der Waals surface area contributed by atoms with Gasteiger partial charge in [0.15, 0.2) is 0 Å². The molecule has 3 aromatic rings. The number of hydrogen-bond acceptors (Lipinski definition) is 4. The molecule has 7 nitrogen and oxygen atoms in total. The van der Waals surface area contributed by atoms with Crippen molar-refractivity contribution in [2.45, 2.75) is 20.8 Å². The first kappa shape index (κ1) is 22.8. The summed E-state index contributed by atoms with van der Waals surface area (Å²) in [6, 6.07) is 13.8. The van der Waals surface area contributed by atoms with Crippen molar-refractivity contribution in [3.63, 3.8) is 0 Å². The summed E-state index contributed by atoms with van der Waals surface area (Å²) in [4.78, 5) is 39.2. The summed E-state index contributed by atoms with van der Waals surface area (Å²) in [7, 11) is 1.53. The van der Waals surface area contributed by atoms with Crippen molar-refractivity contribution in [1.29, 1.82) is 0 Å². The number of ether oxygens (including phenoxy) is 1. The van der Waals surface area contributed by atoms with E-state index in [1.54, 1.807) is 30.3 Å². The van der Waals surface area contributed by atoms with Crippen LogP contribution < -0.4 is 15.0 Å². The fourth-order valence-electron chi connectivity index (χ4n) is 3.88. The van der Waals surface area contributed by atoms with Crippen molar-refractivity contribution in [3.8, 4) is 11.4 Å². The van der Waals surface area contributed by atoms with Gasteiger partial charge in [0.25, 0.3) is 11.8 Å². The molecular formula is C25H22IN3O4. The summed E-state index contributed by atoms with van der Waals surface area (Å²) in [5.41, 5.74) is 4.98. The third kappa shape index (κ3) is 4.18. The molecule has 168 valence electrons. The molecule has 0 spiro atoms. The van der Waals surface area contributed by atoms with Gasteiger partial charge < -0.3 is 9.30 Å². The second kappa shape index (κ2) is 8.86. The van der Waals surface area contributed by atoms with E-state index >= 15 is 0 Å². The molecule has 4 rings (SSSR count). The minimum absolute atomic E-state index is 0.107. The molecule has 4 amide bonds. The van der Waals surface area contributed by atoms with Crippen molar-refractivity contribution >= 4 is 52.2 Å². The lowest BCUT2D eigenvalue weighted by Gasteiger charge is -2.26. The number of hydrogen-bond donors (Lipinski definition) is 1. The number of rotatable bonds is 4. The highest BCUT2D eigenvalue weighted by molar-refractivity contribution is 14.1. The molecule has 8 heteroatoms. The number of amides is 4. The van der Waals surface area contributed by atoms with E-state index in [2.05, 4.69) is 51.5 Å². The molecule has 0 saturated carbocycles. The van der Waals surface area contributed by atoms with Crippen LogP contribution in [-0.4, -0.2) is 29.5 Å². The molecule has 0 atom stereocenters. The number of nitrogens with zero attached hydrogens (tertiary/aromatic N) is 2. The van der Waals surface area contributed by atoms with Crippen molar-refractivity contribution in [2.75, 3.05) is 12.0 Å². The average Bonchev–Trinajstić information content (AvgIpc) is 3.06. The fraction of sp³-hybridized carbons (Fsp3) is 0.160. The van der Waals surface area contributed by atoms with Crippen LogP contribution in [0, 0.1) is 24.3 Å². The Bertz CT molecular complexity index is 1320. The Balaban J connectivity index is 1.74. The number of urea groups is 1. The summed E-state index contributed by atoms with van der Waals surface area (Å²) in [5.74, 6) is -0.803. The largest absolute Gasteiger partial charge is 0.497 e. The summed E-state index contributed by atoms with van der Waals surface area (Å²) >= 11 is 2.30. The van der Waals surface area contributed by atoms with Crippen LogP contribution in [-0.2, 0) is 9.59 Å². The van der Waals surface area contributed by atoms with Gasteiger partial charge in [0.1, 0.15) is 11.3 Å². The van der Waals surface area contributed by atoms with Crippen LogP contribution in [0.3, 0.4) is 0 Å². The molecule has 1 saturated heterocycles. The van der Waals surface area contributed by atoms with Gasteiger partial charge in [0.05, 0.1) is 12.8 Å². The first-order valence-corrected chi connectivity index (χ1v) is 11.3. The zero-order valence-electron chi connectivity index (χ0n) is 18.6. The van der Waals surface area contributed by atoms with Gasteiger partial charge in [-0.25, -0.2) is 9.69 Å². The van der Waals surface area contributed by atoms with Crippen molar-refractivity contribution in [2.24, 2.45) is 0 Å². The first-order chi connectivity index (χ1) is 15.7. The highest BCUT2D eigenvalue weighted by Crippen LogP contribution is 2.27. The van der Waals surface area contributed by atoms with E-state index in [-0.39, 0.29) is 5.57 Å². The summed E-state index contributed by atoms with van der Waals surface area (Å²) in [5, 5.41) is 2.26. The summed E-state index contributed by atoms with van der Waals surface area (Å²) < 4.78 is 8.38. The van der Waals surface area contributed by atoms with Gasteiger partial charge in [-0.15, -0.1) is 0 Å². The Kier molecular flexibility index (Phi) is 6.11. The quantitative estimate of drug-likeness (QED) is 0.288. The summed E-state index contributed by atoms with van der Waals surface area (Å²) in [6.07, 6.45) is 1.54. The Morgan fingerprint density at radius 3 is 2.24 bits per heavy atom. The number of methoxy groups -OCH3 is 1. The molecule has 1 N–H and O–H groups in total. The molecule has 2 heterocycles. The highest BCUT2D eigenvalue weighted by atomic mass is 127. The molecule has 33 heavy (non-hydrogen) atoms. The van der Waals surface area contributed by atoms with E-state index in [1.807, 2.05) is 26.0 Å². The topological polar surface area (TPSA) is 80.6 Å². The van der Waals surface area contributed by atoms with E-state index < -0.39 is 17.8 Å². The Morgan fingerprint density at radius 2 is 1.61 bits per heavy atom. The van der Waals surface area contributed by atoms with Gasteiger partial charge in [-0.2, -0.15) is 0 Å². The second-order valence-corrected chi connectivity index (χ2v) is 8.91. The third-order valence-corrected chi connectivity index (χ3v) is 6.81. The molecule has 0 bridgehead atoms. The predicted molar refractivity (Wildman–Crippen MR) is 135 cm³/mol. The van der Waals surface area contributed by atoms with Crippen molar-refractivity contribution in [3.05, 3.63) is 80.2 Å². The lowest BCUT2D eigenvalue weighted by atomic mass is 10.1. The lowest BCUT2D eigenvalue weighted by molar-refractivity contribution is -0.122. The minimum Gasteiger partial charge on any atom is -0.497 e. The maximum absolute atomic E-state index is 13.2. The van der Waals surface area contributed by atoms with Gasteiger partial charge in [-0.3, -0.25) is 14.9 Å². The van der Waals surface area contributed by atoms with E-state index in [0.29, 0.717) is 11.4 Å². The number of carbonyl (C=O) groups excluding carboxylic acids is 3. The van der Waals surface area contributed by atoms with Crippen LogP contribution in [0.15, 0.2) is 54.1 Å². The Hall–Kier alpha value is -3.40. The molecule has 1 aromatic heterocycles. The van der Waals surface area contributed by atoms with Gasteiger partial charge >= 0.3 is 6.03 Å². The molecule has 1 aliphatic heterocycles. The number of aromatic nitrogens is 1. The number of halogens is 1. The third-order valence-electron chi connectivity index (χ3n) is 5.60. The van der Waals surface area contributed by atoms with Crippen molar-refractivity contribution in [1.82, 2.24) is 9.88 Å². The van der Waals surface area contributed by atoms with E-state index in [9.17, 15) is 14.4 Å². The molecule has 1 aliphatic rings. The first-order valence-electron chi connectivity index (χ1n) is 10.2. The smallest absolute Gasteiger partial charge is 0.335 e. The van der Waals surface area contributed by atoms with Crippen LogP contribution in [0.2, 0.25) is 0 Å². The number of benzene rings is 2. The maximum atomic E-state index is 13.2. The Morgan fingerprint density at radius 1 is 0.939 bits per heavy atom. The molecule has 0 aliphatic carbocycles. The zero-order valence-corrected chi connectivity index (χ0v) is 20.8. The van der Waals surface area contributed by atoms with Crippen LogP contribution in [0.1, 0.15) is 22.5 Å². The number of anilines is 1. The van der Waals surface area contributed by atoms with Gasteiger partial charge in [-0.05, 0) is 109 Å². The normalized spacial score (nSPS) is 15.2. The zero-order chi connectivity index (χ0) is 23.9. The highest BCUT2D eigenvalue weighted by Gasteiger charge is 2.37. The van der Waals surface area contributed by atoms with Crippen LogP contribution in [0.5, 0.6) is 5.75 Å². The molecule has 1 fully saturated rings. The van der Waals surface area contributed by atoms with Gasteiger partial charge in [-0.1, -0.05) is 0 Å². The number of carbonyl (C=O) groups is 3. The monoisotopic (exact) mass is 555 g/mol. The SMILES string of the molecule is COc1ccc(N2C(=O)NC(=O)/C(=C/c3cc(C)n(-c4ccc(I)c(C)c4)c3C)C2=O)cc1. The van der Waals surface area contributed by atoms with Crippen LogP contribution in [0.4, 0.5) is 10.5 Å². The number of nitrogens with one attached hydrogen (secondary N) is 1. The van der Waals surface area contributed by atoms with E-state index in [1.165, 1.54) is 10.7 Å². The molecule has 0 radical (unpaired) electrons. The van der Waals surface area contributed by atoms with E-state index in [4.69, 9.17) is 4.74 Å². The molecular weight excluding hydrogens is 533 g/mol. The van der Waals surface area contributed by atoms with E-state index in [0.717, 1.165) is 33.1 Å². The van der Waals surface area contributed by atoms with Gasteiger partial charge in [0, 0.05) is 20.6 Å².